The van der Waals surface area contributed by atoms with Gasteiger partial charge in [-0.1, -0.05) is 32.0 Å². The number of hydrogen-bond acceptors (Lipinski definition) is 4. The van der Waals surface area contributed by atoms with E-state index in [0.29, 0.717) is 24.8 Å². The Morgan fingerprint density at radius 1 is 1.00 bits per heavy atom. The third kappa shape index (κ3) is 6.81. The molecule has 0 aliphatic rings. The molecule has 0 aliphatic carbocycles. The lowest BCUT2D eigenvalue weighted by molar-refractivity contribution is 0.300. The van der Waals surface area contributed by atoms with Crippen molar-refractivity contribution in [2.75, 3.05) is 19.7 Å². The number of pyridine rings is 1. The van der Waals surface area contributed by atoms with Crippen molar-refractivity contribution in [1.29, 1.82) is 0 Å². The monoisotopic (exact) mass is 370 g/mol. The first-order valence-corrected chi connectivity index (χ1v) is 9.64. The van der Waals surface area contributed by atoms with Crippen molar-refractivity contribution < 1.29 is 9.47 Å². The van der Waals surface area contributed by atoms with E-state index in [9.17, 15) is 0 Å². The SMILES string of the molecule is CCCNC(=NCc1cccnc1Oc1ccccc1OCCC)NCC. The second-order valence-corrected chi connectivity index (χ2v) is 5.99. The van der Waals surface area contributed by atoms with Gasteiger partial charge in [0.1, 0.15) is 0 Å². The molecule has 0 atom stereocenters. The molecule has 0 amide bonds. The third-order valence-electron chi connectivity index (χ3n) is 3.66. The van der Waals surface area contributed by atoms with E-state index < -0.39 is 0 Å². The van der Waals surface area contributed by atoms with E-state index in [0.717, 1.165) is 43.2 Å². The van der Waals surface area contributed by atoms with Crippen LogP contribution in [0.4, 0.5) is 0 Å². The van der Waals surface area contributed by atoms with E-state index in [1.54, 1.807) is 6.20 Å². The van der Waals surface area contributed by atoms with E-state index >= 15 is 0 Å². The minimum Gasteiger partial charge on any atom is -0.490 e. The number of rotatable bonds is 10. The van der Waals surface area contributed by atoms with Crippen molar-refractivity contribution >= 4 is 5.96 Å². The van der Waals surface area contributed by atoms with Crippen LogP contribution in [0, 0.1) is 0 Å². The van der Waals surface area contributed by atoms with Crippen molar-refractivity contribution in [2.45, 2.75) is 40.2 Å². The molecule has 0 radical (unpaired) electrons. The molecule has 0 unspecified atom stereocenters. The van der Waals surface area contributed by atoms with Crippen LogP contribution in [0.5, 0.6) is 17.4 Å². The van der Waals surface area contributed by atoms with Gasteiger partial charge in [0.05, 0.1) is 13.2 Å². The highest BCUT2D eigenvalue weighted by Crippen LogP contribution is 2.32. The number of hydrogen-bond donors (Lipinski definition) is 2. The van der Waals surface area contributed by atoms with E-state index in [2.05, 4.69) is 41.4 Å². The second kappa shape index (κ2) is 11.8. The molecule has 0 bridgehead atoms. The van der Waals surface area contributed by atoms with Crippen molar-refractivity contribution in [2.24, 2.45) is 4.99 Å². The van der Waals surface area contributed by atoms with Gasteiger partial charge in [0.2, 0.25) is 5.88 Å². The van der Waals surface area contributed by atoms with Gasteiger partial charge in [-0.25, -0.2) is 9.98 Å². The molecule has 0 aliphatic heterocycles. The lowest BCUT2D eigenvalue weighted by Gasteiger charge is -2.14. The van der Waals surface area contributed by atoms with Crippen LogP contribution in [0.15, 0.2) is 47.6 Å². The normalized spacial score (nSPS) is 11.1. The molecule has 2 rings (SSSR count). The van der Waals surface area contributed by atoms with Gasteiger partial charge in [0, 0.05) is 24.8 Å². The van der Waals surface area contributed by atoms with Gasteiger partial charge in [0.15, 0.2) is 17.5 Å². The van der Waals surface area contributed by atoms with Gasteiger partial charge >= 0.3 is 0 Å². The van der Waals surface area contributed by atoms with E-state index in [1.165, 1.54) is 0 Å². The van der Waals surface area contributed by atoms with Gasteiger partial charge in [0.25, 0.3) is 0 Å². The Hall–Kier alpha value is -2.76. The lowest BCUT2D eigenvalue weighted by atomic mass is 10.2. The molecule has 0 saturated heterocycles. The summed E-state index contributed by atoms with van der Waals surface area (Å²) in [5, 5.41) is 6.55. The predicted molar refractivity (Wildman–Crippen MR) is 110 cm³/mol. The maximum atomic E-state index is 6.06. The standard InChI is InChI=1S/C21H30N4O2/c1-4-13-24-21(22-6-3)25-16-17-10-9-14-23-20(17)27-19-12-8-7-11-18(19)26-15-5-2/h7-12,14H,4-6,13,15-16H2,1-3H3,(H2,22,24,25). The van der Waals surface area contributed by atoms with Crippen LogP contribution in [0.1, 0.15) is 39.2 Å². The number of para-hydroxylation sites is 2. The van der Waals surface area contributed by atoms with Crippen LogP contribution >= 0.6 is 0 Å². The topological polar surface area (TPSA) is 67.8 Å². The minimum atomic E-state index is 0.472. The summed E-state index contributed by atoms with van der Waals surface area (Å²) in [6.07, 6.45) is 3.70. The summed E-state index contributed by atoms with van der Waals surface area (Å²) in [7, 11) is 0. The van der Waals surface area contributed by atoms with Crippen molar-refractivity contribution in [1.82, 2.24) is 15.6 Å². The number of nitrogens with one attached hydrogen (secondary N) is 2. The van der Waals surface area contributed by atoms with Crippen LogP contribution in [-0.4, -0.2) is 30.6 Å². The highest BCUT2D eigenvalue weighted by atomic mass is 16.5. The number of aromatic nitrogens is 1. The first-order chi connectivity index (χ1) is 13.3. The molecule has 27 heavy (non-hydrogen) atoms. The average molecular weight is 370 g/mol. The number of ether oxygens (including phenoxy) is 2. The Labute approximate surface area is 162 Å². The van der Waals surface area contributed by atoms with E-state index in [4.69, 9.17) is 9.47 Å². The van der Waals surface area contributed by atoms with Crippen LogP contribution < -0.4 is 20.1 Å². The second-order valence-electron chi connectivity index (χ2n) is 5.99. The lowest BCUT2D eigenvalue weighted by Crippen LogP contribution is -2.37. The summed E-state index contributed by atoms with van der Waals surface area (Å²) < 4.78 is 11.8. The summed E-state index contributed by atoms with van der Waals surface area (Å²) >= 11 is 0. The Bertz CT molecular complexity index is 719. The molecular formula is C21H30N4O2. The number of benzene rings is 1. The molecule has 2 aromatic rings. The number of nitrogens with zero attached hydrogens (tertiary/aromatic N) is 2. The maximum Gasteiger partial charge on any atom is 0.224 e. The van der Waals surface area contributed by atoms with Crippen LogP contribution in [0.2, 0.25) is 0 Å². The third-order valence-corrected chi connectivity index (χ3v) is 3.66. The van der Waals surface area contributed by atoms with Crippen molar-refractivity contribution in [3.05, 3.63) is 48.2 Å². The average Bonchev–Trinajstić information content (AvgIpc) is 2.70. The predicted octanol–water partition coefficient (Wildman–Crippen LogP) is 4.13. The molecule has 6 nitrogen and oxygen atoms in total. The van der Waals surface area contributed by atoms with Crippen LogP contribution in [0.3, 0.4) is 0 Å². The van der Waals surface area contributed by atoms with E-state index in [1.807, 2.05) is 36.4 Å². The molecule has 0 fully saturated rings. The van der Waals surface area contributed by atoms with Gasteiger partial charge in [-0.2, -0.15) is 0 Å². The number of guanidine groups is 1. The summed E-state index contributed by atoms with van der Waals surface area (Å²) in [6, 6.07) is 11.5. The smallest absolute Gasteiger partial charge is 0.224 e. The van der Waals surface area contributed by atoms with Gasteiger partial charge in [-0.05, 0) is 38.0 Å². The van der Waals surface area contributed by atoms with Gasteiger partial charge < -0.3 is 20.1 Å². The van der Waals surface area contributed by atoms with Gasteiger partial charge in [-0.15, -0.1) is 0 Å². The summed E-state index contributed by atoms with van der Waals surface area (Å²) in [5.74, 6) is 2.71. The quantitative estimate of drug-likeness (QED) is 0.486. The highest BCUT2D eigenvalue weighted by molar-refractivity contribution is 5.79. The Kier molecular flexibility index (Phi) is 8.96. The molecule has 1 aromatic carbocycles. The maximum absolute atomic E-state index is 6.06. The summed E-state index contributed by atoms with van der Waals surface area (Å²) in [6.45, 7) is 9.07. The fraction of sp³-hybridized carbons (Fsp3) is 0.429. The molecule has 2 N–H and O–H groups in total. The van der Waals surface area contributed by atoms with Gasteiger partial charge in [-0.3, -0.25) is 0 Å². The first kappa shape index (κ1) is 20.6. The molecule has 146 valence electrons. The molecule has 1 aromatic heterocycles. The largest absolute Gasteiger partial charge is 0.490 e. The Morgan fingerprint density at radius 3 is 2.56 bits per heavy atom. The van der Waals surface area contributed by atoms with Crippen LogP contribution in [-0.2, 0) is 6.54 Å². The fourth-order valence-electron chi connectivity index (χ4n) is 2.36. The Morgan fingerprint density at radius 2 is 1.81 bits per heavy atom. The van der Waals surface area contributed by atoms with Crippen LogP contribution in [0.25, 0.3) is 0 Å². The highest BCUT2D eigenvalue weighted by Gasteiger charge is 2.10. The zero-order valence-electron chi connectivity index (χ0n) is 16.5. The molecule has 0 saturated carbocycles. The summed E-state index contributed by atoms with van der Waals surface area (Å²) in [5.41, 5.74) is 0.913. The Balaban J connectivity index is 2.16. The number of aliphatic imine (C=N–C) groups is 1. The summed E-state index contributed by atoms with van der Waals surface area (Å²) in [4.78, 5) is 9.03. The molecule has 6 heteroatoms. The first-order valence-electron chi connectivity index (χ1n) is 9.64. The fourth-order valence-corrected chi connectivity index (χ4v) is 2.36. The van der Waals surface area contributed by atoms with Crippen molar-refractivity contribution in [3.8, 4) is 17.4 Å². The zero-order chi connectivity index (χ0) is 19.3. The minimum absolute atomic E-state index is 0.472. The zero-order valence-corrected chi connectivity index (χ0v) is 16.5. The van der Waals surface area contributed by atoms with Crippen molar-refractivity contribution in [3.63, 3.8) is 0 Å². The molecular weight excluding hydrogens is 340 g/mol. The molecule has 1 heterocycles. The molecule has 0 spiro atoms. The van der Waals surface area contributed by atoms with E-state index in [-0.39, 0.29) is 0 Å².